The number of aromatic nitrogens is 2. The highest BCUT2D eigenvalue weighted by molar-refractivity contribution is 6.36. The van der Waals surface area contributed by atoms with Crippen LogP contribution in [0.25, 0.3) is 11.0 Å². The molecule has 0 spiro atoms. The van der Waals surface area contributed by atoms with E-state index in [0.717, 1.165) is 18.6 Å². The van der Waals surface area contributed by atoms with Gasteiger partial charge < -0.3 is 19.8 Å². The van der Waals surface area contributed by atoms with Crippen LogP contribution in [0.3, 0.4) is 0 Å². The van der Waals surface area contributed by atoms with Crippen LogP contribution >= 0.6 is 11.6 Å². The van der Waals surface area contributed by atoms with Crippen LogP contribution in [0.1, 0.15) is 20.3 Å². The Balaban J connectivity index is 1.60. The van der Waals surface area contributed by atoms with Gasteiger partial charge in [0, 0.05) is 36.6 Å². The van der Waals surface area contributed by atoms with E-state index in [9.17, 15) is 8.78 Å². The first-order valence-corrected chi connectivity index (χ1v) is 9.56. The van der Waals surface area contributed by atoms with Crippen LogP contribution in [0.15, 0.2) is 35.6 Å². The lowest BCUT2D eigenvalue weighted by atomic mass is 10.0. The predicted octanol–water partition coefficient (Wildman–Crippen LogP) is 5.50. The van der Waals surface area contributed by atoms with Crippen LogP contribution in [0.4, 0.5) is 14.5 Å². The molecule has 0 saturated carbocycles. The van der Waals surface area contributed by atoms with Gasteiger partial charge in [-0.3, -0.25) is 0 Å². The van der Waals surface area contributed by atoms with E-state index in [-0.39, 0.29) is 23.5 Å². The lowest BCUT2D eigenvalue weighted by Gasteiger charge is -2.24. The number of rotatable bonds is 4. The molecule has 2 aromatic heterocycles. The van der Waals surface area contributed by atoms with E-state index < -0.39 is 17.4 Å². The molecule has 0 aliphatic carbocycles. The third kappa shape index (κ3) is 3.98. The summed E-state index contributed by atoms with van der Waals surface area (Å²) in [6.07, 6.45) is 3.79. The van der Waals surface area contributed by atoms with Crippen LogP contribution < -0.4 is 10.1 Å². The van der Waals surface area contributed by atoms with Crippen LogP contribution in [0.2, 0.25) is 5.02 Å². The number of fused-ring (bicyclic) bond motifs is 1. The summed E-state index contributed by atoms with van der Waals surface area (Å²) in [6, 6.07) is 4.09. The molecule has 0 amide bonds. The first-order chi connectivity index (χ1) is 13.9. The zero-order valence-corrected chi connectivity index (χ0v) is 16.6. The molecular formula is C20H19ClF2N4O2. The number of ether oxygens (including phenoxy) is 2. The van der Waals surface area contributed by atoms with Crippen molar-refractivity contribution in [2.75, 3.05) is 11.9 Å². The van der Waals surface area contributed by atoms with Crippen LogP contribution in [-0.2, 0) is 4.74 Å². The Kier molecular flexibility index (Phi) is 5.27. The van der Waals surface area contributed by atoms with Crippen molar-refractivity contribution in [1.82, 2.24) is 9.97 Å². The van der Waals surface area contributed by atoms with Gasteiger partial charge in [-0.2, -0.15) is 0 Å². The molecule has 4 rings (SSSR count). The second-order valence-electron chi connectivity index (χ2n) is 7.05. The van der Waals surface area contributed by atoms with Crippen molar-refractivity contribution in [2.45, 2.75) is 26.3 Å². The Bertz CT molecular complexity index is 1060. The molecule has 0 fully saturated rings. The Morgan fingerprint density at radius 2 is 2.07 bits per heavy atom. The van der Waals surface area contributed by atoms with E-state index in [1.165, 1.54) is 18.5 Å². The second-order valence-corrected chi connectivity index (χ2v) is 7.46. The normalized spacial score (nSPS) is 16.6. The first-order valence-electron chi connectivity index (χ1n) is 9.18. The minimum atomic E-state index is -0.874. The van der Waals surface area contributed by atoms with Crippen molar-refractivity contribution < 1.29 is 18.3 Å². The maximum atomic E-state index is 14.6. The van der Waals surface area contributed by atoms with Gasteiger partial charge in [-0.1, -0.05) is 25.4 Å². The molecule has 0 bridgehead atoms. The number of hydrogen-bond donors (Lipinski definition) is 2. The summed E-state index contributed by atoms with van der Waals surface area (Å²) in [5, 5.41) is 3.62. The topological polar surface area (TPSA) is 71.5 Å². The molecule has 0 saturated heterocycles. The minimum absolute atomic E-state index is 0.101. The Morgan fingerprint density at radius 3 is 2.79 bits per heavy atom. The molecule has 2 N–H and O–H groups in total. The fraction of sp³-hybridized carbons (Fsp3) is 0.300. The van der Waals surface area contributed by atoms with E-state index in [1.807, 2.05) is 0 Å². The molecule has 1 aliphatic heterocycles. The number of aliphatic imine (C=N–C) groups is 1. The Morgan fingerprint density at radius 1 is 1.31 bits per heavy atom. The fourth-order valence-electron chi connectivity index (χ4n) is 3.12. The monoisotopic (exact) mass is 420 g/mol. The van der Waals surface area contributed by atoms with Gasteiger partial charge >= 0.3 is 0 Å². The van der Waals surface area contributed by atoms with Crippen LogP contribution in [0.5, 0.6) is 11.5 Å². The van der Waals surface area contributed by atoms with Gasteiger partial charge in [0.1, 0.15) is 11.4 Å². The quantitative estimate of drug-likeness (QED) is 0.584. The molecule has 1 aromatic carbocycles. The van der Waals surface area contributed by atoms with Gasteiger partial charge in [-0.05, 0) is 12.0 Å². The summed E-state index contributed by atoms with van der Waals surface area (Å²) in [6.45, 7) is 4.63. The number of benzene rings is 1. The van der Waals surface area contributed by atoms with Gasteiger partial charge in [0.25, 0.3) is 6.02 Å². The van der Waals surface area contributed by atoms with Crippen molar-refractivity contribution in [3.63, 3.8) is 0 Å². The predicted molar refractivity (Wildman–Crippen MR) is 108 cm³/mol. The van der Waals surface area contributed by atoms with Crippen molar-refractivity contribution in [2.24, 2.45) is 10.9 Å². The van der Waals surface area contributed by atoms with Gasteiger partial charge in [0.05, 0.1) is 23.1 Å². The second kappa shape index (κ2) is 7.87. The van der Waals surface area contributed by atoms with Crippen LogP contribution in [-0.4, -0.2) is 28.6 Å². The van der Waals surface area contributed by atoms with E-state index in [4.69, 9.17) is 21.1 Å². The lowest BCUT2D eigenvalue weighted by molar-refractivity contribution is 0.241. The largest absolute Gasteiger partial charge is 0.465 e. The van der Waals surface area contributed by atoms with Gasteiger partial charge in [-0.25, -0.2) is 18.8 Å². The smallest absolute Gasteiger partial charge is 0.289 e. The number of nitrogens with one attached hydrogen (secondary N) is 2. The van der Waals surface area contributed by atoms with Crippen molar-refractivity contribution in [3.8, 4) is 11.5 Å². The third-order valence-corrected chi connectivity index (χ3v) is 4.95. The average Bonchev–Trinajstić information content (AvgIpc) is 3.07. The van der Waals surface area contributed by atoms with E-state index in [2.05, 4.69) is 34.1 Å². The van der Waals surface area contributed by atoms with Crippen molar-refractivity contribution >= 4 is 34.3 Å². The van der Waals surface area contributed by atoms with Gasteiger partial charge in [0.2, 0.25) is 0 Å². The average molecular weight is 421 g/mol. The molecule has 3 heterocycles. The highest BCUT2D eigenvalue weighted by atomic mass is 35.5. The SMILES string of the molecule is CC(C)[C@H]1CCOC(Nc2cc(F)c(Oc3ccnc4[nH]cc(Cl)c34)c(F)c2)=N1. The number of halogens is 3. The standard InChI is InChI=1S/C20H19ClF2N4O2/c1-10(2)15-4-6-28-20(27-15)26-11-7-13(22)18(14(23)8-11)29-16-3-5-24-19-17(16)12(21)9-25-19/h3,5,7-10,15H,4,6H2,1-2H3,(H,24,25)(H,26,27)/t15-/m1/s1. The zero-order valence-electron chi connectivity index (χ0n) is 15.8. The summed E-state index contributed by atoms with van der Waals surface area (Å²) >= 11 is 6.12. The highest BCUT2D eigenvalue weighted by Crippen LogP contribution is 2.36. The summed E-state index contributed by atoms with van der Waals surface area (Å²) in [7, 11) is 0. The molecule has 152 valence electrons. The fourth-order valence-corrected chi connectivity index (χ4v) is 3.35. The molecule has 3 aromatic rings. The minimum Gasteiger partial charge on any atom is -0.465 e. The summed E-state index contributed by atoms with van der Waals surface area (Å²) in [4.78, 5) is 11.4. The number of hydrogen-bond acceptors (Lipinski definition) is 5. The number of amidine groups is 1. The number of nitrogens with zero attached hydrogens (tertiary/aromatic N) is 2. The molecule has 0 radical (unpaired) electrons. The van der Waals surface area contributed by atoms with Crippen LogP contribution in [0, 0.1) is 17.6 Å². The van der Waals surface area contributed by atoms with Gasteiger partial charge in [-0.15, -0.1) is 0 Å². The molecule has 29 heavy (non-hydrogen) atoms. The highest BCUT2D eigenvalue weighted by Gasteiger charge is 2.21. The third-order valence-electron chi connectivity index (χ3n) is 4.65. The Labute approximate surface area is 170 Å². The number of anilines is 1. The lowest BCUT2D eigenvalue weighted by Crippen LogP contribution is -2.29. The van der Waals surface area contributed by atoms with Crippen molar-refractivity contribution in [1.29, 1.82) is 0 Å². The molecular weight excluding hydrogens is 402 g/mol. The molecule has 1 aliphatic rings. The number of aromatic amines is 1. The van der Waals surface area contributed by atoms with Crippen molar-refractivity contribution in [3.05, 3.63) is 47.2 Å². The Hall–Kier alpha value is -2.87. The molecule has 6 nitrogen and oxygen atoms in total. The molecule has 0 unspecified atom stereocenters. The van der Waals surface area contributed by atoms with E-state index >= 15 is 0 Å². The first kappa shape index (κ1) is 19.4. The molecule has 1 atom stereocenters. The summed E-state index contributed by atoms with van der Waals surface area (Å²) in [5.74, 6) is -1.74. The van der Waals surface area contributed by atoms with E-state index in [1.54, 1.807) is 0 Å². The van der Waals surface area contributed by atoms with E-state index in [0.29, 0.717) is 28.6 Å². The zero-order chi connectivity index (χ0) is 20.5. The maximum absolute atomic E-state index is 14.6. The summed E-state index contributed by atoms with van der Waals surface area (Å²) < 4.78 is 40.2. The van der Waals surface area contributed by atoms with Gasteiger partial charge in [0.15, 0.2) is 17.4 Å². The number of H-pyrrole nitrogens is 1. The summed E-state index contributed by atoms with van der Waals surface area (Å²) in [5.41, 5.74) is 0.633. The number of pyridine rings is 1. The maximum Gasteiger partial charge on any atom is 0.289 e. The molecule has 9 heteroatoms.